The molecule has 4 nitrogen and oxygen atoms in total. The molecule has 0 radical (unpaired) electrons. The third-order valence-corrected chi connectivity index (χ3v) is 4.05. The van der Waals surface area contributed by atoms with Crippen LogP contribution in [0.25, 0.3) is 0 Å². The molecule has 2 rings (SSSR count). The Bertz CT molecular complexity index is 433. The van der Waals surface area contributed by atoms with Gasteiger partial charge in [-0.1, -0.05) is 30.3 Å². The van der Waals surface area contributed by atoms with Crippen LogP contribution in [0.15, 0.2) is 30.3 Å². The van der Waals surface area contributed by atoms with Gasteiger partial charge < -0.3 is 11.1 Å². The summed E-state index contributed by atoms with van der Waals surface area (Å²) < 4.78 is 0. The molecule has 3 N–H and O–H groups in total. The van der Waals surface area contributed by atoms with Crippen molar-refractivity contribution < 1.29 is 4.79 Å². The molecule has 1 aromatic rings. The summed E-state index contributed by atoms with van der Waals surface area (Å²) in [7, 11) is 0. The average molecular weight is 275 g/mol. The average Bonchev–Trinajstić information content (AvgIpc) is 2.88. The quantitative estimate of drug-likeness (QED) is 0.853. The Balaban J connectivity index is 1.81. The first-order chi connectivity index (χ1) is 9.56. The minimum atomic E-state index is -0.431. The monoisotopic (exact) mass is 275 g/mol. The number of rotatable bonds is 5. The highest BCUT2D eigenvalue weighted by Gasteiger charge is 2.28. The highest BCUT2D eigenvalue weighted by atomic mass is 16.2. The second-order valence-electron chi connectivity index (χ2n) is 5.86. The van der Waals surface area contributed by atoms with E-state index >= 15 is 0 Å². The summed E-state index contributed by atoms with van der Waals surface area (Å²) in [5, 5.41) is 3.02. The molecule has 3 atom stereocenters. The molecule has 4 heteroatoms. The van der Waals surface area contributed by atoms with Crippen LogP contribution in [0.3, 0.4) is 0 Å². The highest BCUT2D eigenvalue weighted by molar-refractivity contribution is 5.81. The number of carbonyl (C=O) groups is 1. The Labute approximate surface area is 121 Å². The van der Waals surface area contributed by atoms with Crippen LogP contribution in [-0.2, 0) is 11.3 Å². The largest absolute Gasteiger partial charge is 0.352 e. The van der Waals surface area contributed by atoms with Crippen LogP contribution in [0.2, 0.25) is 0 Å². The molecule has 1 aliphatic heterocycles. The van der Waals surface area contributed by atoms with Gasteiger partial charge in [0.15, 0.2) is 0 Å². The molecule has 0 aliphatic carbocycles. The van der Waals surface area contributed by atoms with Crippen molar-refractivity contribution in [2.75, 3.05) is 13.1 Å². The zero-order valence-corrected chi connectivity index (χ0v) is 12.4. The van der Waals surface area contributed by atoms with E-state index in [2.05, 4.69) is 41.4 Å². The van der Waals surface area contributed by atoms with Gasteiger partial charge in [0.25, 0.3) is 0 Å². The fourth-order valence-electron chi connectivity index (χ4n) is 2.73. The van der Waals surface area contributed by atoms with Gasteiger partial charge in [-0.05, 0) is 38.3 Å². The summed E-state index contributed by atoms with van der Waals surface area (Å²) in [6, 6.07) is 10.3. The number of hydrogen-bond donors (Lipinski definition) is 2. The number of carbonyl (C=O) groups excluding carboxylic acids is 1. The van der Waals surface area contributed by atoms with Crippen LogP contribution >= 0.6 is 0 Å². The molecule has 0 aromatic heterocycles. The summed E-state index contributed by atoms with van der Waals surface area (Å²) in [6.07, 6.45) is 1.13. The van der Waals surface area contributed by atoms with Gasteiger partial charge >= 0.3 is 0 Å². The second kappa shape index (κ2) is 6.86. The standard InChI is InChI=1S/C16H25N3O/c1-12(17)16(20)18-13(2)15-8-9-19(11-15)10-14-6-4-3-5-7-14/h3-7,12-13,15H,8-11,17H2,1-2H3,(H,18,20)/t12-,13?,15?/m1/s1. The lowest BCUT2D eigenvalue weighted by Gasteiger charge is -2.22. The topological polar surface area (TPSA) is 58.4 Å². The van der Waals surface area contributed by atoms with E-state index in [9.17, 15) is 4.79 Å². The number of nitrogens with two attached hydrogens (primary N) is 1. The van der Waals surface area contributed by atoms with Crippen LogP contribution in [0.1, 0.15) is 25.8 Å². The first-order valence-electron chi connectivity index (χ1n) is 7.38. The van der Waals surface area contributed by atoms with Gasteiger partial charge in [0.2, 0.25) is 5.91 Å². The van der Waals surface area contributed by atoms with Crippen LogP contribution in [0.4, 0.5) is 0 Å². The van der Waals surface area contributed by atoms with Crippen molar-refractivity contribution in [2.24, 2.45) is 11.7 Å². The molecule has 1 amide bonds. The van der Waals surface area contributed by atoms with Crippen LogP contribution in [0.5, 0.6) is 0 Å². The predicted octanol–water partition coefficient (Wildman–Crippen LogP) is 1.36. The van der Waals surface area contributed by atoms with E-state index in [1.807, 2.05) is 6.07 Å². The summed E-state index contributed by atoms with van der Waals surface area (Å²) in [5.41, 5.74) is 6.94. The first-order valence-corrected chi connectivity index (χ1v) is 7.38. The molecule has 0 bridgehead atoms. The van der Waals surface area contributed by atoms with E-state index in [0.29, 0.717) is 5.92 Å². The van der Waals surface area contributed by atoms with Crippen molar-refractivity contribution in [3.05, 3.63) is 35.9 Å². The van der Waals surface area contributed by atoms with Gasteiger partial charge in [-0.15, -0.1) is 0 Å². The van der Waals surface area contributed by atoms with E-state index < -0.39 is 6.04 Å². The Morgan fingerprint density at radius 3 is 2.75 bits per heavy atom. The fourth-order valence-corrected chi connectivity index (χ4v) is 2.73. The van der Waals surface area contributed by atoms with Gasteiger partial charge in [-0.25, -0.2) is 0 Å². The van der Waals surface area contributed by atoms with Crippen molar-refractivity contribution in [1.29, 1.82) is 0 Å². The molecule has 0 spiro atoms. The second-order valence-corrected chi connectivity index (χ2v) is 5.86. The predicted molar refractivity (Wildman–Crippen MR) is 81.1 cm³/mol. The molecule has 1 heterocycles. The summed E-state index contributed by atoms with van der Waals surface area (Å²) in [5.74, 6) is 0.459. The minimum Gasteiger partial charge on any atom is -0.352 e. The fraction of sp³-hybridized carbons (Fsp3) is 0.562. The number of nitrogens with zero attached hydrogens (tertiary/aromatic N) is 1. The minimum absolute atomic E-state index is 0.0565. The molecule has 2 unspecified atom stereocenters. The molecular formula is C16H25N3O. The number of amides is 1. The van der Waals surface area contributed by atoms with Gasteiger partial charge in [0.05, 0.1) is 6.04 Å². The summed E-state index contributed by atoms with van der Waals surface area (Å²) >= 11 is 0. The number of hydrogen-bond acceptors (Lipinski definition) is 3. The van der Waals surface area contributed by atoms with Gasteiger partial charge in [0, 0.05) is 19.1 Å². The van der Waals surface area contributed by atoms with E-state index in [4.69, 9.17) is 5.73 Å². The molecule has 0 saturated carbocycles. The molecule has 1 aromatic carbocycles. The molecule has 110 valence electrons. The van der Waals surface area contributed by atoms with Crippen LogP contribution in [0, 0.1) is 5.92 Å². The van der Waals surface area contributed by atoms with Crippen LogP contribution < -0.4 is 11.1 Å². The number of likely N-dealkylation sites (tertiary alicyclic amines) is 1. The lowest BCUT2D eigenvalue weighted by molar-refractivity contribution is -0.122. The zero-order chi connectivity index (χ0) is 14.5. The molecule has 1 fully saturated rings. The van der Waals surface area contributed by atoms with Gasteiger partial charge in [-0.2, -0.15) is 0 Å². The molecular weight excluding hydrogens is 250 g/mol. The highest BCUT2D eigenvalue weighted by Crippen LogP contribution is 2.21. The maximum atomic E-state index is 11.6. The normalized spacial score (nSPS) is 22.4. The lowest BCUT2D eigenvalue weighted by Crippen LogP contribution is -2.46. The van der Waals surface area contributed by atoms with E-state index in [-0.39, 0.29) is 11.9 Å². The smallest absolute Gasteiger partial charge is 0.236 e. The SMILES string of the molecule is CC(NC(=O)[C@@H](C)N)C1CCN(Cc2ccccc2)C1. The molecule has 1 aliphatic rings. The van der Waals surface area contributed by atoms with Gasteiger partial charge in [0.1, 0.15) is 0 Å². The van der Waals surface area contributed by atoms with Crippen molar-refractivity contribution in [3.63, 3.8) is 0 Å². The van der Waals surface area contributed by atoms with Crippen LogP contribution in [-0.4, -0.2) is 36.0 Å². The third-order valence-electron chi connectivity index (χ3n) is 4.05. The first kappa shape index (κ1) is 15.0. The Morgan fingerprint density at radius 1 is 1.40 bits per heavy atom. The maximum absolute atomic E-state index is 11.6. The number of nitrogens with one attached hydrogen (secondary N) is 1. The molecule has 20 heavy (non-hydrogen) atoms. The van der Waals surface area contributed by atoms with Crippen molar-refractivity contribution in [3.8, 4) is 0 Å². The van der Waals surface area contributed by atoms with Crippen molar-refractivity contribution in [1.82, 2.24) is 10.2 Å². The van der Waals surface area contributed by atoms with E-state index in [1.54, 1.807) is 6.92 Å². The van der Waals surface area contributed by atoms with E-state index in [0.717, 1.165) is 26.1 Å². The van der Waals surface area contributed by atoms with Gasteiger partial charge in [-0.3, -0.25) is 9.69 Å². The third kappa shape index (κ3) is 4.05. The summed E-state index contributed by atoms with van der Waals surface area (Å²) in [6.45, 7) is 6.92. The zero-order valence-electron chi connectivity index (χ0n) is 12.4. The Hall–Kier alpha value is -1.39. The maximum Gasteiger partial charge on any atom is 0.236 e. The number of benzene rings is 1. The Morgan fingerprint density at radius 2 is 2.10 bits per heavy atom. The molecule has 1 saturated heterocycles. The summed E-state index contributed by atoms with van der Waals surface area (Å²) in [4.78, 5) is 14.1. The Kier molecular flexibility index (Phi) is 5.15. The van der Waals surface area contributed by atoms with Crippen molar-refractivity contribution in [2.45, 2.75) is 38.9 Å². The van der Waals surface area contributed by atoms with Crippen molar-refractivity contribution >= 4 is 5.91 Å². The van der Waals surface area contributed by atoms with E-state index in [1.165, 1.54) is 5.56 Å². The lowest BCUT2D eigenvalue weighted by atomic mass is 10.0.